The second-order valence-electron chi connectivity index (χ2n) is 5.35. The average molecular weight is 291 g/mol. The zero-order valence-electron chi connectivity index (χ0n) is 11.5. The first-order valence-corrected chi connectivity index (χ1v) is 6.31. The summed E-state index contributed by atoms with van der Waals surface area (Å²) in [6.45, 7) is 5.93. The molecule has 0 aromatic heterocycles. The Labute approximate surface area is 117 Å². The maximum atomic E-state index is 11.9. The van der Waals surface area contributed by atoms with Gasteiger partial charge >= 0.3 is 5.97 Å². The van der Waals surface area contributed by atoms with E-state index >= 15 is 0 Å². The maximum Gasteiger partial charge on any atom is 0.327 e. The Hall–Kier alpha value is -1.28. The summed E-state index contributed by atoms with van der Waals surface area (Å²) in [5.41, 5.74) is 3.21. The lowest BCUT2D eigenvalue weighted by Crippen LogP contribution is -2.62. The number of carboxylic acid groups (broad SMARTS) is 1. The summed E-state index contributed by atoms with van der Waals surface area (Å²) in [6.07, 6.45) is 0. The highest BCUT2D eigenvalue weighted by molar-refractivity contribution is 7.80. The summed E-state index contributed by atoms with van der Waals surface area (Å²) in [7, 11) is 0. The Bertz CT molecular complexity index is 377. The van der Waals surface area contributed by atoms with Gasteiger partial charge in [0, 0.05) is 5.75 Å². The lowest BCUT2D eigenvalue weighted by molar-refractivity contribution is -0.142. The molecule has 8 heteroatoms. The van der Waals surface area contributed by atoms with Crippen LogP contribution < -0.4 is 16.4 Å². The Kier molecular flexibility index (Phi) is 5.83. The monoisotopic (exact) mass is 291 g/mol. The van der Waals surface area contributed by atoms with Gasteiger partial charge in [0.05, 0.1) is 5.54 Å². The number of amides is 2. The van der Waals surface area contributed by atoms with Crippen molar-refractivity contribution in [2.75, 3.05) is 5.75 Å². The van der Waals surface area contributed by atoms with E-state index in [-0.39, 0.29) is 5.75 Å². The molecule has 0 rings (SSSR count). The Morgan fingerprint density at radius 2 is 1.68 bits per heavy atom. The minimum Gasteiger partial charge on any atom is -0.480 e. The van der Waals surface area contributed by atoms with Crippen LogP contribution in [-0.2, 0) is 14.4 Å². The number of carbonyl (C=O) groups is 3. The highest BCUT2D eigenvalue weighted by Crippen LogP contribution is 2.07. The van der Waals surface area contributed by atoms with Crippen LogP contribution in [0.1, 0.15) is 27.7 Å². The molecule has 7 nitrogen and oxygen atoms in total. The molecule has 0 heterocycles. The molecule has 2 amide bonds. The van der Waals surface area contributed by atoms with Crippen molar-refractivity contribution >= 4 is 30.4 Å². The van der Waals surface area contributed by atoms with Crippen molar-refractivity contribution in [2.45, 2.75) is 44.8 Å². The van der Waals surface area contributed by atoms with Gasteiger partial charge < -0.3 is 21.5 Å². The number of carboxylic acids is 1. The minimum absolute atomic E-state index is 0.0481. The summed E-state index contributed by atoms with van der Waals surface area (Å²) >= 11 is 3.84. The SMILES string of the molecule is CC(C)(N)C(=O)NC(C)(C)C(=O)N[C@@H](CS)C(=O)O. The number of rotatable bonds is 6. The van der Waals surface area contributed by atoms with Crippen LogP contribution >= 0.6 is 12.6 Å². The van der Waals surface area contributed by atoms with Gasteiger partial charge in [-0.05, 0) is 27.7 Å². The van der Waals surface area contributed by atoms with Crippen molar-refractivity contribution in [1.82, 2.24) is 10.6 Å². The van der Waals surface area contributed by atoms with Gasteiger partial charge in [-0.1, -0.05) is 0 Å². The van der Waals surface area contributed by atoms with Gasteiger partial charge in [-0.15, -0.1) is 0 Å². The lowest BCUT2D eigenvalue weighted by atomic mass is 9.99. The second kappa shape index (κ2) is 6.25. The number of thiol groups is 1. The third-order valence-corrected chi connectivity index (χ3v) is 2.73. The standard InChI is InChI=1S/C11H21N3O4S/c1-10(2,12)8(17)14-11(3,4)9(18)13-6(5-19)7(15)16/h6,19H,5,12H2,1-4H3,(H,13,18)(H,14,17)(H,15,16)/t6-/m0/s1. The number of nitrogens with two attached hydrogens (primary N) is 1. The third-order valence-electron chi connectivity index (χ3n) is 2.36. The van der Waals surface area contributed by atoms with E-state index in [0.29, 0.717) is 0 Å². The maximum absolute atomic E-state index is 11.9. The van der Waals surface area contributed by atoms with E-state index in [2.05, 4.69) is 23.3 Å². The Morgan fingerprint density at radius 1 is 1.21 bits per heavy atom. The molecule has 0 spiro atoms. The molecule has 0 saturated carbocycles. The summed E-state index contributed by atoms with van der Waals surface area (Å²) in [6, 6.07) is -1.11. The molecule has 0 unspecified atom stereocenters. The fraction of sp³-hybridized carbons (Fsp3) is 0.727. The Balaban J connectivity index is 4.78. The van der Waals surface area contributed by atoms with Crippen molar-refractivity contribution in [1.29, 1.82) is 0 Å². The van der Waals surface area contributed by atoms with Gasteiger partial charge in [-0.25, -0.2) is 4.79 Å². The van der Waals surface area contributed by atoms with Crippen molar-refractivity contribution < 1.29 is 19.5 Å². The largest absolute Gasteiger partial charge is 0.480 e. The van der Waals surface area contributed by atoms with E-state index in [0.717, 1.165) is 0 Å². The zero-order chi connectivity index (χ0) is 15.4. The molecule has 19 heavy (non-hydrogen) atoms. The molecule has 110 valence electrons. The molecular weight excluding hydrogens is 270 g/mol. The van der Waals surface area contributed by atoms with E-state index in [9.17, 15) is 14.4 Å². The molecule has 0 radical (unpaired) electrons. The average Bonchev–Trinajstić information content (AvgIpc) is 2.22. The van der Waals surface area contributed by atoms with Crippen LogP contribution in [0.15, 0.2) is 0 Å². The molecule has 0 bridgehead atoms. The normalized spacial score (nSPS) is 13.6. The fourth-order valence-corrected chi connectivity index (χ4v) is 1.27. The quantitative estimate of drug-likeness (QED) is 0.407. The van der Waals surface area contributed by atoms with Crippen LogP contribution in [0.5, 0.6) is 0 Å². The first-order chi connectivity index (χ1) is 8.41. The highest BCUT2D eigenvalue weighted by atomic mass is 32.1. The fourth-order valence-electron chi connectivity index (χ4n) is 1.03. The van der Waals surface area contributed by atoms with Crippen LogP contribution in [0.4, 0.5) is 0 Å². The first-order valence-electron chi connectivity index (χ1n) is 5.68. The van der Waals surface area contributed by atoms with Crippen molar-refractivity contribution in [3.63, 3.8) is 0 Å². The number of carbonyl (C=O) groups excluding carboxylic acids is 2. The molecular formula is C11H21N3O4S. The van der Waals surface area contributed by atoms with Gasteiger partial charge in [0.15, 0.2) is 0 Å². The van der Waals surface area contributed by atoms with Crippen molar-refractivity contribution in [2.24, 2.45) is 5.73 Å². The topological polar surface area (TPSA) is 122 Å². The van der Waals surface area contributed by atoms with E-state index in [4.69, 9.17) is 10.8 Å². The number of hydrogen-bond acceptors (Lipinski definition) is 5. The molecule has 0 aliphatic carbocycles. The van der Waals surface area contributed by atoms with Gasteiger partial charge in [0.2, 0.25) is 11.8 Å². The predicted molar refractivity (Wildman–Crippen MR) is 73.9 cm³/mol. The van der Waals surface area contributed by atoms with Crippen LogP contribution in [0.3, 0.4) is 0 Å². The summed E-state index contributed by atoms with van der Waals surface area (Å²) < 4.78 is 0. The smallest absolute Gasteiger partial charge is 0.327 e. The van der Waals surface area contributed by atoms with Gasteiger partial charge in [-0.2, -0.15) is 12.6 Å². The molecule has 1 atom stereocenters. The van der Waals surface area contributed by atoms with Crippen LogP contribution in [0.2, 0.25) is 0 Å². The van der Waals surface area contributed by atoms with E-state index < -0.39 is 34.9 Å². The molecule has 0 aromatic rings. The minimum atomic E-state index is -1.27. The number of aliphatic carboxylic acids is 1. The third kappa shape index (κ3) is 5.48. The number of nitrogens with one attached hydrogen (secondary N) is 2. The molecule has 0 aliphatic rings. The summed E-state index contributed by atoms with van der Waals surface area (Å²) in [4.78, 5) is 34.5. The summed E-state index contributed by atoms with van der Waals surface area (Å²) in [5, 5.41) is 13.6. The molecule has 0 fully saturated rings. The summed E-state index contributed by atoms with van der Waals surface area (Å²) in [5.74, 6) is -2.37. The van der Waals surface area contributed by atoms with Crippen molar-refractivity contribution in [3.8, 4) is 0 Å². The predicted octanol–water partition coefficient (Wildman–Crippen LogP) is -0.882. The first kappa shape index (κ1) is 17.7. The van der Waals surface area contributed by atoms with Gasteiger partial charge in [-0.3, -0.25) is 9.59 Å². The van der Waals surface area contributed by atoms with Gasteiger partial charge in [0.25, 0.3) is 0 Å². The van der Waals surface area contributed by atoms with E-state index in [1.807, 2.05) is 0 Å². The molecule has 5 N–H and O–H groups in total. The van der Waals surface area contributed by atoms with Gasteiger partial charge in [0.1, 0.15) is 11.6 Å². The zero-order valence-corrected chi connectivity index (χ0v) is 12.4. The second-order valence-corrected chi connectivity index (χ2v) is 5.71. The molecule has 0 saturated heterocycles. The molecule has 0 aromatic carbocycles. The van der Waals surface area contributed by atoms with Crippen molar-refractivity contribution in [3.05, 3.63) is 0 Å². The lowest BCUT2D eigenvalue weighted by Gasteiger charge is -2.30. The highest BCUT2D eigenvalue weighted by Gasteiger charge is 2.35. The Morgan fingerprint density at radius 3 is 2.00 bits per heavy atom. The van der Waals surface area contributed by atoms with Crippen LogP contribution in [0, 0.1) is 0 Å². The van der Waals surface area contributed by atoms with E-state index in [1.165, 1.54) is 27.7 Å². The van der Waals surface area contributed by atoms with Crippen LogP contribution in [0.25, 0.3) is 0 Å². The van der Waals surface area contributed by atoms with Crippen LogP contribution in [-0.4, -0.2) is 45.8 Å². The van der Waals surface area contributed by atoms with E-state index in [1.54, 1.807) is 0 Å². The number of hydrogen-bond donors (Lipinski definition) is 5. The molecule has 0 aliphatic heterocycles.